The molecule has 1 aromatic carbocycles. The van der Waals surface area contributed by atoms with Crippen molar-refractivity contribution in [1.82, 2.24) is 0 Å². The van der Waals surface area contributed by atoms with Crippen LogP contribution in [0, 0.1) is 0 Å². The molecule has 0 aromatic heterocycles. The standard InChI is InChI=1S/C10H10ClN3/c11-8-1-3-9(4-2-8)14-7-13-6-5-10(14)12/h1-6H,7,12H2. The number of aliphatic imine (C=N–C) groups is 1. The van der Waals surface area contributed by atoms with Crippen LogP contribution in [0.5, 0.6) is 0 Å². The minimum atomic E-state index is 0.559. The highest BCUT2D eigenvalue weighted by molar-refractivity contribution is 6.30. The Balaban J connectivity index is 2.27. The molecule has 2 rings (SSSR count). The fraction of sp³-hybridized carbons (Fsp3) is 0.100. The van der Waals surface area contributed by atoms with E-state index in [4.69, 9.17) is 17.3 Å². The first-order valence-electron chi connectivity index (χ1n) is 4.26. The Morgan fingerprint density at radius 2 is 2.00 bits per heavy atom. The van der Waals surface area contributed by atoms with E-state index < -0.39 is 0 Å². The fourth-order valence-electron chi connectivity index (χ4n) is 1.28. The number of nitrogens with zero attached hydrogens (tertiary/aromatic N) is 2. The van der Waals surface area contributed by atoms with Crippen molar-refractivity contribution in [2.45, 2.75) is 0 Å². The van der Waals surface area contributed by atoms with Gasteiger partial charge >= 0.3 is 0 Å². The van der Waals surface area contributed by atoms with Gasteiger partial charge in [0.1, 0.15) is 12.5 Å². The van der Waals surface area contributed by atoms with Crippen LogP contribution < -0.4 is 10.6 Å². The lowest BCUT2D eigenvalue weighted by atomic mass is 10.3. The zero-order valence-corrected chi connectivity index (χ0v) is 8.28. The molecular formula is C10H10ClN3. The first-order valence-corrected chi connectivity index (χ1v) is 4.64. The average Bonchev–Trinajstić information content (AvgIpc) is 2.20. The van der Waals surface area contributed by atoms with E-state index in [2.05, 4.69) is 4.99 Å². The molecule has 1 aromatic rings. The molecule has 0 amide bonds. The van der Waals surface area contributed by atoms with Gasteiger partial charge in [0, 0.05) is 16.9 Å². The second-order valence-electron chi connectivity index (χ2n) is 2.97. The van der Waals surface area contributed by atoms with Crippen LogP contribution in [0.4, 0.5) is 5.69 Å². The van der Waals surface area contributed by atoms with Crippen molar-refractivity contribution in [3.05, 3.63) is 41.2 Å². The van der Waals surface area contributed by atoms with Gasteiger partial charge in [-0.15, -0.1) is 0 Å². The predicted molar refractivity (Wildman–Crippen MR) is 59.6 cm³/mol. The van der Waals surface area contributed by atoms with E-state index in [0.29, 0.717) is 12.5 Å². The highest BCUT2D eigenvalue weighted by Crippen LogP contribution is 2.20. The molecule has 0 spiro atoms. The van der Waals surface area contributed by atoms with Gasteiger partial charge in [-0.25, -0.2) is 0 Å². The third kappa shape index (κ3) is 1.72. The predicted octanol–water partition coefficient (Wildman–Crippen LogP) is 1.99. The van der Waals surface area contributed by atoms with Crippen molar-refractivity contribution in [2.24, 2.45) is 10.7 Å². The van der Waals surface area contributed by atoms with Gasteiger partial charge in [-0.3, -0.25) is 4.99 Å². The minimum absolute atomic E-state index is 0.559. The molecule has 0 saturated heterocycles. The Morgan fingerprint density at radius 3 is 2.64 bits per heavy atom. The summed E-state index contributed by atoms with van der Waals surface area (Å²) in [5.74, 6) is 0.697. The summed E-state index contributed by atoms with van der Waals surface area (Å²) >= 11 is 5.79. The van der Waals surface area contributed by atoms with Crippen LogP contribution in [-0.2, 0) is 0 Å². The molecule has 0 atom stereocenters. The number of hydrogen-bond acceptors (Lipinski definition) is 3. The van der Waals surface area contributed by atoms with Crippen molar-refractivity contribution in [2.75, 3.05) is 11.6 Å². The Hall–Kier alpha value is -1.48. The second-order valence-corrected chi connectivity index (χ2v) is 3.41. The molecule has 2 N–H and O–H groups in total. The maximum Gasteiger partial charge on any atom is 0.116 e. The monoisotopic (exact) mass is 207 g/mol. The second kappa shape index (κ2) is 3.72. The van der Waals surface area contributed by atoms with Crippen LogP contribution in [0.1, 0.15) is 0 Å². The van der Waals surface area contributed by atoms with Crippen molar-refractivity contribution in [1.29, 1.82) is 0 Å². The van der Waals surface area contributed by atoms with E-state index in [9.17, 15) is 0 Å². The van der Waals surface area contributed by atoms with Crippen LogP contribution in [0.15, 0.2) is 41.2 Å². The van der Waals surface area contributed by atoms with Gasteiger partial charge < -0.3 is 10.6 Å². The van der Waals surface area contributed by atoms with Gasteiger partial charge in [0.15, 0.2) is 0 Å². The van der Waals surface area contributed by atoms with E-state index in [1.54, 1.807) is 12.3 Å². The van der Waals surface area contributed by atoms with Crippen LogP contribution in [0.25, 0.3) is 0 Å². The van der Waals surface area contributed by atoms with Gasteiger partial charge in [-0.2, -0.15) is 0 Å². The summed E-state index contributed by atoms with van der Waals surface area (Å²) in [6, 6.07) is 7.51. The molecule has 0 unspecified atom stereocenters. The molecule has 3 nitrogen and oxygen atoms in total. The summed E-state index contributed by atoms with van der Waals surface area (Å²) < 4.78 is 0. The van der Waals surface area contributed by atoms with Crippen LogP contribution in [0.3, 0.4) is 0 Å². The summed E-state index contributed by atoms with van der Waals surface area (Å²) in [5.41, 5.74) is 6.81. The summed E-state index contributed by atoms with van der Waals surface area (Å²) in [7, 11) is 0. The third-order valence-corrected chi connectivity index (χ3v) is 2.28. The lowest BCUT2D eigenvalue weighted by Crippen LogP contribution is -2.29. The number of anilines is 1. The summed E-state index contributed by atoms with van der Waals surface area (Å²) in [5, 5.41) is 0.719. The lowest BCUT2D eigenvalue weighted by Gasteiger charge is -2.24. The van der Waals surface area contributed by atoms with Gasteiger partial charge in [-0.1, -0.05) is 11.6 Å². The molecule has 0 aliphatic carbocycles. The SMILES string of the molecule is NC1=CC=NCN1c1ccc(Cl)cc1. The van der Waals surface area contributed by atoms with Gasteiger partial charge in [0.25, 0.3) is 0 Å². The molecule has 0 bridgehead atoms. The number of rotatable bonds is 1. The first kappa shape index (κ1) is 9.09. The minimum Gasteiger partial charge on any atom is -0.385 e. The van der Waals surface area contributed by atoms with E-state index in [0.717, 1.165) is 10.7 Å². The molecule has 4 heteroatoms. The molecule has 1 heterocycles. The Morgan fingerprint density at radius 1 is 1.29 bits per heavy atom. The molecule has 1 aliphatic rings. The average molecular weight is 208 g/mol. The summed E-state index contributed by atoms with van der Waals surface area (Å²) in [6.45, 7) is 0.559. The van der Waals surface area contributed by atoms with Crippen molar-refractivity contribution in [3.8, 4) is 0 Å². The van der Waals surface area contributed by atoms with E-state index >= 15 is 0 Å². The molecule has 72 valence electrons. The molecule has 1 aliphatic heterocycles. The molecule has 0 saturated carbocycles. The van der Waals surface area contributed by atoms with E-state index in [-0.39, 0.29) is 0 Å². The van der Waals surface area contributed by atoms with Gasteiger partial charge in [-0.05, 0) is 30.3 Å². The van der Waals surface area contributed by atoms with Crippen molar-refractivity contribution in [3.63, 3.8) is 0 Å². The smallest absolute Gasteiger partial charge is 0.116 e. The van der Waals surface area contributed by atoms with E-state index in [1.165, 1.54) is 0 Å². The van der Waals surface area contributed by atoms with E-state index in [1.807, 2.05) is 29.2 Å². The zero-order valence-electron chi connectivity index (χ0n) is 7.52. The van der Waals surface area contributed by atoms with Gasteiger partial charge in [0.2, 0.25) is 0 Å². The number of halogens is 1. The Labute approximate surface area is 87.5 Å². The van der Waals surface area contributed by atoms with Crippen LogP contribution >= 0.6 is 11.6 Å². The Bertz CT molecular complexity index is 381. The summed E-state index contributed by atoms with van der Waals surface area (Å²) in [6.07, 6.45) is 3.49. The number of nitrogens with two attached hydrogens (primary N) is 1. The molecule has 0 fully saturated rings. The largest absolute Gasteiger partial charge is 0.385 e. The van der Waals surface area contributed by atoms with Crippen molar-refractivity contribution < 1.29 is 0 Å². The molecule has 14 heavy (non-hydrogen) atoms. The highest BCUT2D eigenvalue weighted by Gasteiger charge is 2.09. The molecule has 0 radical (unpaired) electrons. The topological polar surface area (TPSA) is 41.6 Å². The lowest BCUT2D eigenvalue weighted by molar-refractivity contribution is 0.902. The van der Waals surface area contributed by atoms with Crippen LogP contribution in [0.2, 0.25) is 5.02 Å². The quantitative estimate of drug-likeness (QED) is 0.765. The molecular weight excluding hydrogens is 198 g/mol. The fourth-order valence-corrected chi connectivity index (χ4v) is 1.41. The third-order valence-electron chi connectivity index (χ3n) is 2.02. The first-order chi connectivity index (χ1) is 6.77. The maximum atomic E-state index is 5.81. The zero-order chi connectivity index (χ0) is 9.97. The van der Waals surface area contributed by atoms with Gasteiger partial charge in [0.05, 0.1) is 0 Å². The number of benzene rings is 1. The summed E-state index contributed by atoms with van der Waals surface area (Å²) in [4.78, 5) is 6.03. The van der Waals surface area contributed by atoms with Crippen LogP contribution in [-0.4, -0.2) is 12.9 Å². The number of allylic oxidation sites excluding steroid dienone is 1. The Kier molecular flexibility index (Phi) is 2.41. The highest BCUT2D eigenvalue weighted by atomic mass is 35.5. The maximum absolute atomic E-state index is 5.81. The normalized spacial score (nSPS) is 15.5. The number of hydrogen-bond donors (Lipinski definition) is 1. The van der Waals surface area contributed by atoms with Crippen molar-refractivity contribution >= 4 is 23.5 Å².